The van der Waals surface area contributed by atoms with E-state index >= 15 is 0 Å². The number of carbonyl (C=O) groups excluding carboxylic acids is 1. The number of aryl methyl sites for hydroxylation is 1. The molecular formula is C19H23FN4O. The molecule has 1 saturated heterocycles. The molecule has 0 unspecified atom stereocenters. The van der Waals surface area contributed by atoms with Gasteiger partial charge in [-0.25, -0.2) is 14.4 Å². The van der Waals surface area contributed by atoms with Crippen molar-refractivity contribution in [2.75, 3.05) is 25.5 Å². The fourth-order valence-corrected chi connectivity index (χ4v) is 3.27. The number of benzene rings is 1. The zero-order valence-corrected chi connectivity index (χ0v) is 14.9. The van der Waals surface area contributed by atoms with Gasteiger partial charge in [-0.2, -0.15) is 0 Å². The Morgan fingerprint density at radius 2 is 2.12 bits per heavy atom. The van der Waals surface area contributed by atoms with Crippen LogP contribution in [0.4, 0.5) is 10.3 Å². The third-order valence-corrected chi connectivity index (χ3v) is 4.59. The minimum Gasteiger partial charge on any atom is -0.347 e. The number of piperidine rings is 1. The highest BCUT2D eigenvalue weighted by molar-refractivity contribution is 5.95. The molecular weight excluding hydrogens is 319 g/mol. The Morgan fingerprint density at radius 3 is 2.80 bits per heavy atom. The summed E-state index contributed by atoms with van der Waals surface area (Å²) in [6, 6.07) is 6.43. The highest BCUT2D eigenvalue weighted by atomic mass is 19.1. The van der Waals surface area contributed by atoms with Crippen molar-refractivity contribution in [2.24, 2.45) is 0 Å². The summed E-state index contributed by atoms with van der Waals surface area (Å²) in [5, 5.41) is 0. The van der Waals surface area contributed by atoms with Crippen molar-refractivity contribution in [1.82, 2.24) is 14.9 Å². The number of carbonyl (C=O) groups is 1. The van der Waals surface area contributed by atoms with E-state index in [1.54, 1.807) is 17.2 Å². The van der Waals surface area contributed by atoms with E-state index in [0.717, 1.165) is 24.8 Å². The molecule has 2 aromatic rings. The van der Waals surface area contributed by atoms with Gasteiger partial charge in [-0.1, -0.05) is 12.1 Å². The van der Waals surface area contributed by atoms with Crippen molar-refractivity contribution in [1.29, 1.82) is 0 Å². The van der Waals surface area contributed by atoms with Gasteiger partial charge in [-0.3, -0.25) is 4.79 Å². The molecule has 3 rings (SSSR count). The molecule has 6 heteroatoms. The summed E-state index contributed by atoms with van der Waals surface area (Å²) >= 11 is 0. The summed E-state index contributed by atoms with van der Waals surface area (Å²) in [6.07, 6.45) is 4.41. The molecule has 0 saturated carbocycles. The molecule has 5 nitrogen and oxygen atoms in total. The third kappa shape index (κ3) is 3.62. The molecule has 1 fully saturated rings. The number of halogens is 1. The quantitative estimate of drug-likeness (QED) is 0.858. The molecule has 1 amide bonds. The van der Waals surface area contributed by atoms with Gasteiger partial charge in [0.05, 0.1) is 17.3 Å². The van der Waals surface area contributed by atoms with Crippen LogP contribution in [0.1, 0.15) is 46.9 Å². The molecule has 132 valence electrons. The van der Waals surface area contributed by atoms with Gasteiger partial charge in [0.1, 0.15) is 5.82 Å². The summed E-state index contributed by atoms with van der Waals surface area (Å²) in [5.74, 6) is 0.219. The summed E-state index contributed by atoms with van der Waals surface area (Å²) < 4.78 is 13.6. The number of amides is 1. The van der Waals surface area contributed by atoms with Crippen molar-refractivity contribution < 1.29 is 9.18 Å². The van der Waals surface area contributed by atoms with Crippen LogP contribution < -0.4 is 4.90 Å². The number of nitrogens with zero attached hydrogens (tertiary/aromatic N) is 4. The standard InChI is InChI=1S/C19H23FN4O/c1-13-16(12-21-19(22-13)23(2)3)18(25)24-10-5-4-9-17(24)14-7-6-8-15(20)11-14/h6-8,11-12,17H,4-5,9-10H2,1-3H3/t17-/m0/s1. The summed E-state index contributed by atoms with van der Waals surface area (Å²) in [6.45, 7) is 2.48. The van der Waals surface area contributed by atoms with Crippen LogP contribution in [0.3, 0.4) is 0 Å². The smallest absolute Gasteiger partial charge is 0.257 e. The van der Waals surface area contributed by atoms with E-state index in [1.807, 2.05) is 32.0 Å². The minimum atomic E-state index is -0.273. The second-order valence-corrected chi connectivity index (χ2v) is 6.63. The number of aromatic nitrogens is 2. The lowest BCUT2D eigenvalue weighted by Gasteiger charge is -2.36. The summed E-state index contributed by atoms with van der Waals surface area (Å²) in [4.78, 5) is 25.4. The molecule has 2 heterocycles. The largest absolute Gasteiger partial charge is 0.347 e. The molecule has 1 aliphatic rings. The second-order valence-electron chi connectivity index (χ2n) is 6.63. The first-order chi connectivity index (χ1) is 12.0. The molecule has 1 aliphatic heterocycles. The molecule has 1 aromatic heterocycles. The first-order valence-electron chi connectivity index (χ1n) is 8.55. The van der Waals surface area contributed by atoms with Crippen LogP contribution in [0.2, 0.25) is 0 Å². The first kappa shape index (κ1) is 17.3. The van der Waals surface area contributed by atoms with Crippen molar-refractivity contribution in [2.45, 2.75) is 32.2 Å². The van der Waals surface area contributed by atoms with Crippen LogP contribution in [0.5, 0.6) is 0 Å². The fraction of sp³-hybridized carbons (Fsp3) is 0.421. The Balaban J connectivity index is 1.91. The SMILES string of the molecule is Cc1nc(N(C)C)ncc1C(=O)N1CCCC[C@H]1c1cccc(F)c1. The van der Waals surface area contributed by atoms with Gasteiger partial charge in [0.15, 0.2) is 0 Å². The van der Waals surface area contributed by atoms with Gasteiger partial charge in [-0.15, -0.1) is 0 Å². The Morgan fingerprint density at radius 1 is 1.32 bits per heavy atom. The van der Waals surface area contributed by atoms with Crippen molar-refractivity contribution in [3.8, 4) is 0 Å². The predicted octanol–water partition coefficient (Wildman–Crippen LogP) is 3.36. The van der Waals surface area contributed by atoms with E-state index in [2.05, 4.69) is 9.97 Å². The highest BCUT2D eigenvalue weighted by Crippen LogP contribution is 2.32. The lowest BCUT2D eigenvalue weighted by atomic mass is 9.94. The Kier molecular flexibility index (Phi) is 4.97. The van der Waals surface area contributed by atoms with E-state index < -0.39 is 0 Å². The van der Waals surface area contributed by atoms with Crippen LogP contribution in [0.25, 0.3) is 0 Å². The van der Waals surface area contributed by atoms with Crippen LogP contribution in [-0.2, 0) is 0 Å². The first-order valence-corrected chi connectivity index (χ1v) is 8.55. The molecule has 25 heavy (non-hydrogen) atoms. The van der Waals surface area contributed by atoms with Crippen molar-refractivity contribution in [3.63, 3.8) is 0 Å². The lowest BCUT2D eigenvalue weighted by molar-refractivity contribution is 0.0609. The normalized spacial score (nSPS) is 17.4. The van der Waals surface area contributed by atoms with Crippen molar-refractivity contribution >= 4 is 11.9 Å². The van der Waals surface area contributed by atoms with E-state index in [0.29, 0.717) is 23.8 Å². The van der Waals surface area contributed by atoms with E-state index in [-0.39, 0.29) is 17.8 Å². The lowest BCUT2D eigenvalue weighted by Crippen LogP contribution is -2.39. The maximum atomic E-state index is 13.6. The number of hydrogen-bond donors (Lipinski definition) is 0. The van der Waals surface area contributed by atoms with Crippen LogP contribution in [0, 0.1) is 12.7 Å². The van der Waals surface area contributed by atoms with Gasteiger partial charge in [0.2, 0.25) is 5.95 Å². The van der Waals surface area contributed by atoms with E-state index in [9.17, 15) is 9.18 Å². The number of anilines is 1. The molecule has 0 bridgehead atoms. The Bertz CT molecular complexity index is 778. The van der Waals surface area contributed by atoms with Gasteiger partial charge in [0.25, 0.3) is 5.91 Å². The summed E-state index contributed by atoms with van der Waals surface area (Å²) in [5.41, 5.74) is 2.01. The van der Waals surface area contributed by atoms with Crippen LogP contribution in [-0.4, -0.2) is 41.4 Å². The molecule has 0 aliphatic carbocycles. The van der Waals surface area contributed by atoms with Gasteiger partial charge in [0, 0.05) is 26.8 Å². The van der Waals surface area contributed by atoms with Gasteiger partial charge in [-0.05, 0) is 43.9 Å². The summed E-state index contributed by atoms with van der Waals surface area (Å²) in [7, 11) is 3.72. The minimum absolute atomic E-state index is 0.0863. The molecule has 1 aromatic carbocycles. The Hall–Kier alpha value is -2.50. The van der Waals surface area contributed by atoms with Crippen LogP contribution in [0.15, 0.2) is 30.5 Å². The second kappa shape index (κ2) is 7.17. The Labute approximate surface area is 147 Å². The maximum absolute atomic E-state index is 13.6. The molecule has 0 N–H and O–H groups in total. The monoisotopic (exact) mass is 342 g/mol. The maximum Gasteiger partial charge on any atom is 0.257 e. The zero-order valence-electron chi connectivity index (χ0n) is 14.9. The fourth-order valence-electron chi connectivity index (χ4n) is 3.27. The van der Waals surface area contributed by atoms with Gasteiger partial charge < -0.3 is 9.80 Å². The predicted molar refractivity (Wildman–Crippen MR) is 95.1 cm³/mol. The highest BCUT2D eigenvalue weighted by Gasteiger charge is 2.30. The average molecular weight is 342 g/mol. The zero-order chi connectivity index (χ0) is 18.0. The van der Waals surface area contributed by atoms with E-state index in [1.165, 1.54) is 12.1 Å². The average Bonchev–Trinajstić information content (AvgIpc) is 2.61. The number of likely N-dealkylation sites (tertiary alicyclic amines) is 1. The number of rotatable bonds is 3. The number of hydrogen-bond acceptors (Lipinski definition) is 4. The molecule has 1 atom stereocenters. The molecule has 0 radical (unpaired) electrons. The van der Waals surface area contributed by atoms with Crippen molar-refractivity contribution in [3.05, 3.63) is 53.1 Å². The third-order valence-electron chi connectivity index (χ3n) is 4.59. The topological polar surface area (TPSA) is 49.3 Å². The van der Waals surface area contributed by atoms with E-state index in [4.69, 9.17) is 0 Å². The van der Waals surface area contributed by atoms with Crippen LogP contribution >= 0.6 is 0 Å². The molecule has 0 spiro atoms. The van der Waals surface area contributed by atoms with Gasteiger partial charge >= 0.3 is 0 Å².